The van der Waals surface area contributed by atoms with Crippen LogP contribution in [-0.2, 0) is 0 Å². The van der Waals surface area contributed by atoms with Crippen LogP contribution in [0.25, 0.3) is 0 Å². The average molecular weight is 266 g/mol. The van der Waals surface area contributed by atoms with Gasteiger partial charge in [0, 0.05) is 24.2 Å². The summed E-state index contributed by atoms with van der Waals surface area (Å²) in [5, 5.41) is 13.6. The van der Waals surface area contributed by atoms with E-state index in [0.717, 1.165) is 24.7 Å². The van der Waals surface area contributed by atoms with Gasteiger partial charge in [-0.2, -0.15) is 0 Å². The molecule has 0 aromatic heterocycles. The molecule has 19 heavy (non-hydrogen) atoms. The summed E-state index contributed by atoms with van der Waals surface area (Å²) in [5.74, 6) is 1.88. The summed E-state index contributed by atoms with van der Waals surface area (Å²) in [7, 11) is 2.29. The topological polar surface area (TPSA) is 35.5 Å². The summed E-state index contributed by atoms with van der Waals surface area (Å²) in [6.07, 6.45) is 8.90. The van der Waals surface area contributed by atoms with E-state index in [4.69, 9.17) is 0 Å². The molecular formula is C16H30N2O. The van der Waals surface area contributed by atoms with Gasteiger partial charge in [0.25, 0.3) is 0 Å². The summed E-state index contributed by atoms with van der Waals surface area (Å²) >= 11 is 0. The maximum Gasteiger partial charge on any atom is 0.0613 e. The van der Waals surface area contributed by atoms with Gasteiger partial charge in [-0.15, -0.1) is 0 Å². The summed E-state index contributed by atoms with van der Waals surface area (Å²) in [6, 6.07) is 1.36. The SMILES string of the molecule is CC1CC1CN(C)C1CCCC(CO)(NC2CC2)C1. The zero-order valence-electron chi connectivity index (χ0n) is 12.6. The molecule has 0 amide bonds. The van der Waals surface area contributed by atoms with Gasteiger partial charge in [0.05, 0.1) is 6.61 Å². The van der Waals surface area contributed by atoms with Crippen LogP contribution in [0, 0.1) is 11.8 Å². The summed E-state index contributed by atoms with van der Waals surface area (Å²) in [6.45, 7) is 3.94. The van der Waals surface area contributed by atoms with Crippen molar-refractivity contribution in [2.24, 2.45) is 11.8 Å². The van der Waals surface area contributed by atoms with Crippen LogP contribution in [0.15, 0.2) is 0 Å². The van der Waals surface area contributed by atoms with E-state index in [1.54, 1.807) is 0 Å². The van der Waals surface area contributed by atoms with Gasteiger partial charge in [-0.25, -0.2) is 0 Å². The van der Waals surface area contributed by atoms with Gasteiger partial charge in [0.2, 0.25) is 0 Å². The first-order valence-electron chi connectivity index (χ1n) is 8.21. The molecule has 0 radical (unpaired) electrons. The Morgan fingerprint density at radius 1 is 1.32 bits per heavy atom. The molecule has 0 bridgehead atoms. The molecule has 2 N–H and O–H groups in total. The Bertz CT molecular complexity index is 318. The van der Waals surface area contributed by atoms with Gasteiger partial charge >= 0.3 is 0 Å². The molecule has 3 fully saturated rings. The highest BCUT2D eigenvalue weighted by molar-refractivity contribution is 5.01. The molecule has 3 rings (SSSR count). The third-order valence-corrected chi connectivity index (χ3v) is 5.63. The third-order valence-electron chi connectivity index (χ3n) is 5.63. The Labute approximate surface area is 117 Å². The van der Waals surface area contributed by atoms with Crippen molar-refractivity contribution in [1.82, 2.24) is 10.2 Å². The molecule has 0 aromatic rings. The second-order valence-corrected chi connectivity index (χ2v) is 7.52. The molecule has 0 heterocycles. The van der Waals surface area contributed by atoms with Crippen LogP contribution in [0.1, 0.15) is 51.9 Å². The molecule has 0 aromatic carbocycles. The molecule has 4 atom stereocenters. The molecule has 3 aliphatic rings. The number of nitrogens with zero attached hydrogens (tertiary/aromatic N) is 1. The van der Waals surface area contributed by atoms with E-state index in [2.05, 4.69) is 24.2 Å². The van der Waals surface area contributed by atoms with E-state index >= 15 is 0 Å². The first kappa shape index (κ1) is 13.8. The van der Waals surface area contributed by atoms with Crippen LogP contribution in [0.3, 0.4) is 0 Å². The second kappa shape index (κ2) is 5.34. The Kier molecular flexibility index (Phi) is 3.89. The minimum Gasteiger partial charge on any atom is -0.394 e. The van der Waals surface area contributed by atoms with Crippen molar-refractivity contribution in [3.05, 3.63) is 0 Å². The molecule has 0 spiro atoms. The minimum atomic E-state index is 0.0213. The van der Waals surface area contributed by atoms with Crippen LogP contribution in [-0.4, -0.2) is 47.8 Å². The van der Waals surface area contributed by atoms with Crippen LogP contribution in [0.2, 0.25) is 0 Å². The predicted molar refractivity (Wildman–Crippen MR) is 78.1 cm³/mol. The molecule has 3 nitrogen and oxygen atoms in total. The van der Waals surface area contributed by atoms with Crippen LogP contribution in [0.4, 0.5) is 0 Å². The Morgan fingerprint density at radius 3 is 2.63 bits per heavy atom. The van der Waals surface area contributed by atoms with Crippen molar-refractivity contribution in [2.45, 2.75) is 69.5 Å². The fourth-order valence-corrected chi connectivity index (χ4v) is 3.86. The number of hydrogen-bond donors (Lipinski definition) is 2. The van der Waals surface area contributed by atoms with Crippen molar-refractivity contribution in [2.75, 3.05) is 20.2 Å². The normalized spacial score (nSPS) is 42.6. The smallest absolute Gasteiger partial charge is 0.0613 e. The minimum absolute atomic E-state index is 0.0213. The van der Waals surface area contributed by atoms with Crippen LogP contribution >= 0.6 is 0 Å². The lowest BCUT2D eigenvalue weighted by molar-refractivity contribution is 0.0661. The van der Waals surface area contributed by atoms with E-state index in [1.807, 2.05) is 0 Å². The fraction of sp³-hybridized carbons (Fsp3) is 1.00. The van der Waals surface area contributed by atoms with E-state index in [0.29, 0.717) is 18.7 Å². The first-order valence-corrected chi connectivity index (χ1v) is 8.21. The molecule has 3 saturated carbocycles. The highest BCUT2D eigenvalue weighted by Gasteiger charge is 2.42. The quantitative estimate of drug-likeness (QED) is 0.772. The summed E-state index contributed by atoms with van der Waals surface area (Å²) in [4.78, 5) is 2.58. The van der Waals surface area contributed by atoms with Crippen LogP contribution in [0.5, 0.6) is 0 Å². The van der Waals surface area contributed by atoms with Gasteiger partial charge < -0.3 is 15.3 Å². The highest BCUT2D eigenvalue weighted by atomic mass is 16.3. The highest BCUT2D eigenvalue weighted by Crippen LogP contribution is 2.40. The van der Waals surface area contributed by atoms with E-state index < -0.39 is 0 Å². The lowest BCUT2D eigenvalue weighted by Crippen LogP contribution is -2.56. The van der Waals surface area contributed by atoms with Gasteiger partial charge in [0.1, 0.15) is 0 Å². The second-order valence-electron chi connectivity index (χ2n) is 7.52. The summed E-state index contributed by atoms with van der Waals surface area (Å²) < 4.78 is 0. The standard InChI is InChI=1S/C16H30N2O/c1-12-8-13(12)10-18(2)15-4-3-7-16(9-15,11-19)17-14-5-6-14/h12-15,17,19H,3-11H2,1-2H3. The Balaban J connectivity index is 1.55. The molecule has 0 aliphatic heterocycles. The number of nitrogens with one attached hydrogen (secondary N) is 1. The number of hydrogen-bond acceptors (Lipinski definition) is 3. The average Bonchev–Trinajstić information content (AvgIpc) is 3.31. The van der Waals surface area contributed by atoms with Crippen molar-refractivity contribution in [3.63, 3.8) is 0 Å². The van der Waals surface area contributed by atoms with E-state index in [1.165, 1.54) is 38.6 Å². The first-order chi connectivity index (χ1) is 9.12. The monoisotopic (exact) mass is 266 g/mol. The van der Waals surface area contributed by atoms with Crippen molar-refractivity contribution in [3.8, 4) is 0 Å². The third kappa shape index (κ3) is 3.32. The maximum absolute atomic E-state index is 9.87. The Morgan fingerprint density at radius 2 is 2.05 bits per heavy atom. The lowest BCUT2D eigenvalue weighted by atomic mass is 9.78. The molecule has 3 heteroatoms. The van der Waals surface area contributed by atoms with Crippen molar-refractivity contribution < 1.29 is 5.11 Å². The molecule has 110 valence electrons. The van der Waals surface area contributed by atoms with Gasteiger partial charge in [-0.05, 0) is 63.8 Å². The fourth-order valence-electron chi connectivity index (χ4n) is 3.86. The largest absolute Gasteiger partial charge is 0.394 e. The van der Waals surface area contributed by atoms with Gasteiger partial charge in [0.15, 0.2) is 0 Å². The molecular weight excluding hydrogens is 236 g/mol. The summed E-state index contributed by atoms with van der Waals surface area (Å²) in [5.41, 5.74) is 0.0213. The van der Waals surface area contributed by atoms with Crippen LogP contribution < -0.4 is 5.32 Å². The molecule has 3 aliphatic carbocycles. The van der Waals surface area contributed by atoms with Crippen molar-refractivity contribution in [1.29, 1.82) is 0 Å². The Hall–Kier alpha value is -0.120. The lowest BCUT2D eigenvalue weighted by Gasteiger charge is -2.44. The maximum atomic E-state index is 9.87. The van der Waals surface area contributed by atoms with Gasteiger partial charge in [-0.3, -0.25) is 0 Å². The van der Waals surface area contributed by atoms with E-state index in [9.17, 15) is 5.11 Å². The van der Waals surface area contributed by atoms with Crippen molar-refractivity contribution >= 4 is 0 Å². The van der Waals surface area contributed by atoms with E-state index in [-0.39, 0.29) is 5.54 Å². The number of aliphatic hydroxyl groups is 1. The number of rotatable bonds is 6. The predicted octanol–water partition coefficient (Wildman–Crippen LogP) is 2.00. The zero-order chi connectivity index (χ0) is 13.5. The molecule has 0 saturated heterocycles. The zero-order valence-corrected chi connectivity index (χ0v) is 12.6. The molecule has 4 unspecified atom stereocenters. The number of aliphatic hydroxyl groups excluding tert-OH is 1. The van der Waals surface area contributed by atoms with Gasteiger partial charge in [-0.1, -0.05) is 6.92 Å².